The SMILES string of the molecule is Cc1ccc(C(=O)N2CCCC3CNCC32)o1. The number of nitrogens with one attached hydrogen (secondary N) is 1. The Hall–Kier alpha value is -1.29. The van der Waals surface area contributed by atoms with Crippen molar-refractivity contribution in [2.75, 3.05) is 19.6 Å². The Morgan fingerprint density at radius 1 is 1.47 bits per heavy atom. The van der Waals surface area contributed by atoms with Crippen molar-refractivity contribution in [3.8, 4) is 0 Å². The molecule has 1 amide bonds. The Morgan fingerprint density at radius 2 is 2.35 bits per heavy atom. The number of amides is 1. The third kappa shape index (κ3) is 1.86. The summed E-state index contributed by atoms with van der Waals surface area (Å²) in [4.78, 5) is 14.4. The van der Waals surface area contributed by atoms with Gasteiger partial charge in [0.15, 0.2) is 5.76 Å². The van der Waals surface area contributed by atoms with Gasteiger partial charge in [0.05, 0.1) is 0 Å². The predicted molar refractivity (Wildman–Crippen MR) is 63.9 cm³/mol. The van der Waals surface area contributed by atoms with E-state index in [0.717, 1.165) is 31.8 Å². The lowest BCUT2D eigenvalue weighted by atomic mass is 9.92. The van der Waals surface area contributed by atoms with Gasteiger partial charge in [-0.15, -0.1) is 0 Å². The number of carbonyl (C=O) groups excluding carboxylic acids is 1. The zero-order valence-corrected chi connectivity index (χ0v) is 10.1. The number of furan rings is 1. The Labute approximate surface area is 101 Å². The average Bonchev–Trinajstić information content (AvgIpc) is 2.95. The summed E-state index contributed by atoms with van der Waals surface area (Å²) in [6.07, 6.45) is 2.34. The van der Waals surface area contributed by atoms with E-state index in [1.54, 1.807) is 6.07 Å². The number of rotatable bonds is 1. The number of nitrogens with zero attached hydrogens (tertiary/aromatic N) is 1. The molecule has 4 nitrogen and oxygen atoms in total. The van der Waals surface area contributed by atoms with Gasteiger partial charge in [-0.2, -0.15) is 0 Å². The van der Waals surface area contributed by atoms with Crippen LogP contribution in [0.5, 0.6) is 0 Å². The monoisotopic (exact) mass is 234 g/mol. The minimum atomic E-state index is 0.0523. The van der Waals surface area contributed by atoms with Crippen molar-refractivity contribution < 1.29 is 9.21 Å². The van der Waals surface area contributed by atoms with Gasteiger partial charge in [-0.25, -0.2) is 0 Å². The van der Waals surface area contributed by atoms with Crippen molar-refractivity contribution in [3.63, 3.8) is 0 Å². The first-order valence-electron chi connectivity index (χ1n) is 6.34. The van der Waals surface area contributed by atoms with Gasteiger partial charge in [-0.05, 0) is 37.8 Å². The van der Waals surface area contributed by atoms with Crippen LogP contribution in [0.4, 0.5) is 0 Å². The van der Waals surface area contributed by atoms with Crippen LogP contribution in [0.1, 0.15) is 29.2 Å². The molecule has 0 aromatic carbocycles. The van der Waals surface area contributed by atoms with Crippen LogP contribution in [-0.4, -0.2) is 36.5 Å². The van der Waals surface area contributed by atoms with Gasteiger partial charge in [0.25, 0.3) is 5.91 Å². The lowest BCUT2D eigenvalue weighted by Gasteiger charge is -2.36. The smallest absolute Gasteiger partial charge is 0.289 e. The fourth-order valence-corrected chi connectivity index (χ4v) is 3.01. The standard InChI is InChI=1S/C13H18N2O2/c1-9-4-5-12(17-9)13(16)15-6-2-3-10-7-14-8-11(10)15/h4-5,10-11,14H,2-3,6-8H2,1H3. The molecule has 3 heterocycles. The van der Waals surface area contributed by atoms with E-state index < -0.39 is 0 Å². The van der Waals surface area contributed by atoms with E-state index in [4.69, 9.17) is 4.42 Å². The van der Waals surface area contributed by atoms with Gasteiger partial charge in [-0.1, -0.05) is 0 Å². The van der Waals surface area contributed by atoms with Crippen molar-refractivity contribution in [1.29, 1.82) is 0 Å². The summed E-state index contributed by atoms with van der Waals surface area (Å²) in [6, 6.07) is 3.99. The third-order valence-corrected chi connectivity index (χ3v) is 3.89. The van der Waals surface area contributed by atoms with Crippen LogP contribution >= 0.6 is 0 Å². The summed E-state index contributed by atoms with van der Waals surface area (Å²) >= 11 is 0. The summed E-state index contributed by atoms with van der Waals surface area (Å²) < 4.78 is 5.44. The van der Waals surface area contributed by atoms with Gasteiger partial charge in [0, 0.05) is 25.7 Å². The molecule has 2 unspecified atom stereocenters. The maximum absolute atomic E-state index is 12.4. The van der Waals surface area contributed by atoms with Crippen molar-refractivity contribution in [2.45, 2.75) is 25.8 Å². The topological polar surface area (TPSA) is 45.5 Å². The fourth-order valence-electron chi connectivity index (χ4n) is 3.01. The Kier molecular flexibility index (Phi) is 2.67. The molecule has 3 rings (SSSR count). The molecule has 1 N–H and O–H groups in total. The van der Waals surface area contributed by atoms with E-state index in [2.05, 4.69) is 5.32 Å². The summed E-state index contributed by atoms with van der Waals surface area (Å²) in [5.41, 5.74) is 0. The second-order valence-corrected chi connectivity index (χ2v) is 5.04. The molecule has 2 aliphatic rings. The zero-order valence-electron chi connectivity index (χ0n) is 10.1. The minimum absolute atomic E-state index is 0.0523. The molecule has 2 saturated heterocycles. The van der Waals surface area contributed by atoms with Crippen LogP contribution in [0.2, 0.25) is 0 Å². The normalized spacial score (nSPS) is 28.2. The number of carbonyl (C=O) groups is 1. The Balaban J connectivity index is 1.81. The number of hydrogen-bond donors (Lipinski definition) is 1. The highest BCUT2D eigenvalue weighted by Crippen LogP contribution is 2.27. The van der Waals surface area contributed by atoms with Crippen molar-refractivity contribution in [2.24, 2.45) is 5.92 Å². The highest BCUT2D eigenvalue weighted by Gasteiger charge is 2.38. The fraction of sp³-hybridized carbons (Fsp3) is 0.615. The maximum Gasteiger partial charge on any atom is 0.289 e. The van der Waals surface area contributed by atoms with E-state index in [0.29, 0.717) is 17.7 Å². The molecule has 4 heteroatoms. The Morgan fingerprint density at radius 3 is 3.12 bits per heavy atom. The molecule has 2 aliphatic heterocycles. The number of aryl methyl sites for hydroxylation is 1. The van der Waals surface area contributed by atoms with Crippen LogP contribution in [-0.2, 0) is 0 Å². The maximum atomic E-state index is 12.4. The van der Waals surface area contributed by atoms with E-state index in [9.17, 15) is 4.79 Å². The van der Waals surface area contributed by atoms with Gasteiger partial charge in [-0.3, -0.25) is 4.79 Å². The van der Waals surface area contributed by atoms with Crippen molar-refractivity contribution in [1.82, 2.24) is 10.2 Å². The van der Waals surface area contributed by atoms with Crippen molar-refractivity contribution in [3.05, 3.63) is 23.7 Å². The number of fused-ring (bicyclic) bond motifs is 1. The first kappa shape index (κ1) is 10.8. The van der Waals surface area contributed by atoms with Crippen LogP contribution in [0, 0.1) is 12.8 Å². The molecule has 17 heavy (non-hydrogen) atoms. The van der Waals surface area contributed by atoms with Crippen molar-refractivity contribution >= 4 is 5.91 Å². The Bertz CT molecular complexity index is 427. The lowest BCUT2D eigenvalue weighted by molar-refractivity contribution is 0.0541. The summed E-state index contributed by atoms with van der Waals surface area (Å²) in [5.74, 6) is 1.96. The molecule has 1 aromatic rings. The first-order chi connectivity index (χ1) is 8.25. The second-order valence-electron chi connectivity index (χ2n) is 5.04. The number of piperidine rings is 1. The molecule has 0 saturated carbocycles. The quantitative estimate of drug-likeness (QED) is 0.799. The number of hydrogen-bond acceptors (Lipinski definition) is 3. The largest absolute Gasteiger partial charge is 0.456 e. The molecular weight excluding hydrogens is 216 g/mol. The molecule has 2 atom stereocenters. The molecule has 0 spiro atoms. The van der Waals surface area contributed by atoms with E-state index in [1.807, 2.05) is 17.9 Å². The van der Waals surface area contributed by atoms with E-state index in [1.165, 1.54) is 6.42 Å². The highest BCUT2D eigenvalue weighted by atomic mass is 16.3. The second kappa shape index (κ2) is 4.18. The van der Waals surface area contributed by atoms with Gasteiger partial charge >= 0.3 is 0 Å². The third-order valence-electron chi connectivity index (χ3n) is 3.89. The molecule has 92 valence electrons. The number of likely N-dealkylation sites (tertiary alicyclic amines) is 1. The molecule has 0 radical (unpaired) electrons. The summed E-state index contributed by atoms with van der Waals surface area (Å²) in [7, 11) is 0. The van der Waals surface area contributed by atoms with Gasteiger partial charge < -0.3 is 14.6 Å². The highest BCUT2D eigenvalue weighted by molar-refractivity contribution is 5.91. The van der Waals surface area contributed by atoms with E-state index in [-0.39, 0.29) is 5.91 Å². The van der Waals surface area contributed by atoms with Crippen LogP contribution in [0.15, 0.2) is 16.5 Å². The first-order valence-corrected chi connectivity index (χ1v) is 6.34. The van der Waals surface area contributed by atoms with Crippen LogP contribution in [0.3, 0.4) is 0 Å². The van der Waals surface area contributed by atoms with E-state index >= 15 is 0 Å². The molecule has 1 aromatic heterocycles. The lowest BCUT2D eigenvalue weighted by Crippen LogP contribution is -2.48. The zero-order chi connectivity index (χ0) is 11.8. The summed E-state index contributed by atoms with van der Waals surface area (Å²) in [5, 5.41) is 3.38. The van der Waals surface area contributed by atoms with Gasteiger partial charge in [0.1, 0.15) is 5.76 Å². The van der Waals surface area contributed by atoms with Crippen LogP contribution < -0.4 is 5.32 Å². The predicted octanol–water partition coefficient (Wildman–Crippen LogP) is 1.41. The molecule has 0 bridgehead atoms. The summed E-state index contributed by atoms with van der Waals surface area (Å²) in [6.45, 7) is 4.70. The van der Waals surface area contributed by atoms with Crippen LogP contribution in [0.25, 0.3) is 0 Å². The molecule has 2 fully saturated rings. The van der Waals surface area contributed by atoms with Gasteiger partial charge in [0.2, 0.25) is 0 Å². The molecular formula is C13H18N2O2. The minimum Gasteiger partial charge on any atom is -0.456 e. The average molecular weight is 234 g/mol. The molecule has 0 aliphatic carbocycles.